The molecule has 0 aliphatic heterocycles. The average molecular weight is 240 g/mol. The number of sulfone groups is 1. The van der Waals surface area contributed by atoms with Crippen LogP contribution in [0.1, 0.15) is 29.8 Å². The van der Waals surface area contributed by atoms with E-state index in [4.69, 9.17) is 0 Å². The molecule has 1 rings (SSSR count). The van der Waals surface area contributed by atoms with Crippen molar-refractivity contribution in [1.82, 2.24) is 0 Å². The fourth-order valence-corrected chi connectivity index (χ4v) is 2.33. The second kappa shape index (κ2) is 4.78. The van der Waals surface area contributed by atoms with Crippen molar-refractivity contribution in [3.05, 3.63) is 35.4 Å². The Morgan fingerprint density at radius 1 is 1.25 bits per heavy atom. The lowest BCUT2D eigenvalue weighted by molar-refractivity contribution is 0.0991. The van der Waals surface area contributed by atoms with Gasteiger partial charge >= 0.3 is 0 Å². The van der Waals surface area contributed by atoms with Crippen LogP contribution in [0.5, 0.6) is 0 Å². The number of hydrogen-bond donors (Lipinski definition) is 0. The first-order valence-electron chi connectivity index (χ1n) is 5.21. The molecule has 1 aromatic rings. The number of Topliss-reactive ketones (excluding diaryl/α,β-unsaturated/α-hetero) is 1. The molecule has 1 unspecified atom stereocenters. The number of aryl methyl sites for hydroxylation is 1. The van der Waals surface area contributed by atoms with Gasteiger partial charge < -0.3 is 0 Å². The van der Waals surface area contributed by atoms with E-state index in [-0.39, 0.29) is 11.5 Å². The monoisotopic (exact) mass is 240 g/mol. The van der Waals surface area contributed by atoms with Crippen molar-refractivity contribution in [1.29, 1.82) is 0 Å². The largest absolute Gasteiger partial charge is 0.293 e. The van der Waals surface area contributed by atoms with Crippen LogP contribution < -0.4 is 0 Å². The van der Waals surface area contributed by atoms with Crippen LogP contribution in [-0.2, 0) is 9.84 Å². The van der Waals surface area contributed by atoms with E-state index in [1.54, 1.807) is 31.2 Å². The first-order valence-corrected chi connectivity index (χ1v) is 6.92. The van der Waals surface area contributed by atoms with E-state index in [0.717, 1.165) is 5.56 Å². The number of carbonyl (C=O) groups is 1. The Morgan fingerprint density at radius 2 is 1.75 bits per heavy atom. The van der Waals surface area contributed by atoms with Gasteiger partial charge in [-0.15, -0.1) is 0 Å². The lowest BCUT2D eigenvalue weighted by Crippen LogP contribution is -2.28. The molecule has 0 aliphatic carbocycles. The van der Waals surface area contributed by atoms with Crippen molar-refractivity contribution in [2.75, 3.05) is 5.75 Å². The quantitative estimate of drug-likeness (QED) is 0.756. The maximum atomic E-state index is 11.9. The summed E-state index contributed by atoms with van der Waals surface area (Å²) in [6.07, 6.45) is 0. The SMILES string of the molecule is CCS(=O)(=O)C(C)C(=O)c1ccc(C)cc1. The smallest absolute Gasteiger partial charge is 0.180 e. The fourth-order valence-electron chi connectivity index (χ4n) is 1.37. The molecule has 0 saturated heterocycles. The molecule has 4 heteroatoms. The Morgan fingerprint density at radius 3 is 2.19 bits per heavy atom. The van der Waals surface area contributed by atoms with Crippen LogP contribution in [0.3, 0.4) is 0 Å². The Balaban J connectivity index is 2.99. The van der Waals surface area contributed by atoms with Gasteiger partial charge in [-0.25, -0.2) is 8.42 Å². The van der Waals surface area contributed by atoms with Gasteiger partial charge in [0.25, 0.3) is 0 Å². The molecule has 88 valence electrons. The van der Waals surface area contributed by atoms with E-state index in [2.05, 4.69) is 0 Å². The van der Waals surface area contributed by atoms with Gasteiger partial charge in [0.05, 0.1) is 0 Å². The van der Waals surface area contributed by atoms with Crippen LogP contribution in [0.2, 0.25) is 0 Å². The van der Waals surface area contributed by atoms with E-state index in [0.29, 0.717) is 5.56 Å². The maximum absolute atomic E-state index is 11.9. The summed E-state index contributed by atoms with van der Waals surface area (Å²) in [5, 5.41) is -0.958. The first kappa shape index (κ1) is 12.9. The highest BCUT2D eigenvalue weighted by Gasteiger charge is 2.26. The summed E-state index contributed by atoms with van der Waals surface area (Å²) in [4.78, 5) is 11.9. The van der Waals surface area contributed by atoms with Crippen LogP contribution in [-0.4, -0.2) is 25.2 Å². The zero-order chi connectivity index (χ0) is 12.3. The van der Waals surface area contributed by atoms with Crippen LogP contribution in [0.25, 0.3) is 0 Å². The summed E-state index contributed by atoms with van der Waals surface area (Å²) < 4.78 is 23.1. The van der Waals surface area contributed by atoms with E-state index in [1.807, 2.05) is 6.92 Å². The van der Waals surface area contributed by atoms with Crippen LogP contribution in [0, 0.1) is 6.92 Å². The van der Waals surface area contributed by atoms with Crippen molar-refractivity contribution in [3.63, 3.8) is 0 Å². The molecular formula is C12H16O3S. The number of hydrogen-bond acceptors (Lipinski definition) is 3. The molecule has 16 heavy (non-hydrogen) atoms. The molecule has 0 saturated carbocycles. The summed E-state index contributed by atoms with van der Waals surface area (Å²) in [6, 6.07) is 6.94. The normalized spacial score (nSPS) is 13.4. The van der Waals surface area contributed by atoms with E-state index in [1.165, 1.54) is 6.92 Å². The topological polar surface area (TPSA) is 51.2 Å². The average Bonchev–Trinajstić information content (AvgIpc) is 2.28. The van der Waals surface area contributed by atoms with E-state index < -0.39 is 15.1 Å². The zero-order valence-corrected chi connectivity index (χ0v) is 10.5. The number of rotatable bonds is 4. The molecule has 0 spiro atoms. The maximum Gasteiger partial charge on any atom is 0.180 e. The third kappa shape index (κ3) is 2.70. The summed E-state index contributed by atoms with van der Waals surface area (Å²) in [5.74, 6) is -0.340. The lowest BCUT2D eigenvalue weighted by atomic mass is 10.1. The van der Waals surface area contributed by atoms with Crippen molar-refractivity contribution >= 4 is 15.6 Å². The van der Waals surface area contributed by atoms with Gasteiger partial charge in [-0.1, -0.05) is 36.8 Å². The lowest BCUT2D eigenvalue weighted by Gasteiger charge is -2.10. The highest BCUT2D eigenvalue weighted by atomic mass is 32.2. The van der Waals surface area contributed by atoms with Gasteiger partial charge in [0.15, 0.2) is 15.6 Å². The summed E-state index contributed by atoms with van der Waals surface area (Å²) >= 11 is 0. The summed E-state index contributed by atoms with van der Waals surface area (Å²) in [7, 11) is -3.31. The molecule has 0 aromatic heterocycles. The van der Waals surface area contributed by atoms with Gasteiger partial charge in [-0.05, 0) is 13.8 Å². The first-order chi connectivity index (χ1) is 7.38. The van der Waals surface area contributed by atoms with Crippen LogP contribution in [0.15, 0.2) is 24.3 Å². The van der Waals surface area contributed by atoms with E-state index >= 15 is 0 Å². The minimum atomic E-state index is -3.31. The minimum Gasteiger partial charge on any atom is -0.293 e. The molecule has 0 amide bonds. The molecule has 0 radical (unpaired) electrons. The third-order valence-corrected chi connectivity index (χ3v) is 4.74. The van der Waals surface area contributed by atoms with Crippen LogP contribution >= 0.6 is 0 Å². The predicted octanol–water partition coefficient (Wildman–Crippen LogP) is 2.00. The fraction of sp³-hybridized carbons (Fsp3) is 0.417. The van der Waals surface area contributed by atoms with Gasteiger partial charge in [0.2, 0.25) is 0 Å². The van der Waals surface area contributed by atoms with Crippen molar-refractivity contribution in [2.24, 2.45) is 0 Å². The zero-order valence-electron chi connectivity index (χ0n) is 9.73. The third-order valence-electron chi connectivity index (χ3n) is 2.65. The molecule has 0 heterocycles. The van der Waals surface area contributed by atoms with Gasteiger partial charge in [-0.2, -0.15) is 0 Å². The number of benzene rings is 1. The molecule has 0 aliphatic rings. The summed E-state index contributed by atoms with van der Waals surface area (Å²) in [5.41, 5.74) is 1.50. The molecule has 0 fully saturated rings. The summed E-state index contributed by atoms with van der Waals surface area (Å²) in [6.45, 7) is 4.91. The van der Waals surface area contributed by atoms with Gasteiger partial charge in [0.1, 0.15) is 5.25 Å². The Labute approximate surface area is 96.4 Å². The van der Waals surface area contributed by atoms with Gasteiger partial charge in [0, 0.05) is 11.3 Å². The molecule has 0 N–H and O–H groups in total. The van der Waals surface area contributed by atoms with Crippen molar-refractivity contribution in [2.45, 2.75) is 26.0 Å². The Bertz CT molecular complexity index is 471. The number of ketones is 1. The highest BCUT2D eigenvalue weighted by Crippen LogP contribution is 2.12. The van der Waals surface area contributed by atoms with E-state index in [9.17, 15) is 13.2 Å². The van der Waals surface area contributed by atoms with Crippen molar-refractivity contribution in [3.8, 4) is 0 Å². The number of carbonyl (C=O) groups excluding carboxylic acids is 1. The molecular weight excluding hydrogens is 224 g/mol. The molecule has 0 bridgehead atoms. The predicted molar refractivity (Wildman–Crippen MR) is 64.4 cm³/mol. The van der Waals surface area contributed by atoms with Gasteiger partial charge in [-0.3, -0.25) is 4.79 Å². The Hall–Kier alpha value is -1.16. The van der Waals surface area contributed by atoms with Crippen LogP contribution in [0.4, 0.5) is 0 Å². The molecule has 1 aromatic carbocycles. The second-order valence-corrected chi connectivity index (χ2v) is 6.43. The minimum absolute atomic E-state index is 0.00817. The molecule has 1 atom stereocenters. The highest BCUT2D eigenvalue weighted by molar-refractivity contribution is 7.92. The molecule has 3 nitrogen and oxygen atoms in total. The Kier molecular flexibility index (Phi) is 3.86. The second-order valence-electron chi connectivity index (χ2n) is 3.82. The standard InChI is InChI=1S/C12H16O3S/c1-4-16(14,15)10(3)12(13)11-7-5-9(2)6-8-11/h5-8,10H,4H2,1-3H3. The van der Waals surface area contributed by atoms with Crippen molar-refractivity contribution < 1.29 is 13.2 Å².